The molecule has 1 aromatic rings. The Bertz CT molecular complexity index is 591. The average molecular weight is 343 g/mol. The lowest BCUT2D eigenvalue weighted by molar-refractivity contribution is -0.141. The number of hydrogen-bond acceptors (Lipinski definition) is 4. The van der Waals surface area contributed by atoms with E-state index in [1.165, 1.54) is 0 Å². The van der Waals surface area contributed by atoms with E-state index < -0.39 is 17.8 Å². The minimum atomic E-state index is -4.51. The molecular formula is C16H20F3N3O2. The maximum atomic E-state index is 12.5. The van der Waals surface area contributed by atoms with E-state index in [4.69, 9.17) is 0 Å². The maximum absolute atomic E-state index is 12.5. The van der Waals surface area contributed by atoms with Crippen molar-refractivity contribution >= 4 is 5.91 Å². The molecule has 3 rings (SSSR count). The van der Waals surface area contributed by atoms with Crippen LogP contribution in [0.1, 0.15) is 41.7 Å². The van der Waals surface area contributed by atoms with Gasteiger partial charge in [-0.15, -0.1) is 0 Å². The molecule has 1 aliphatic carbocycles. The highest BCUT2D eigenvalue weighted by molar-refractivity contribution is 5.94. The van der Waals surface area contributed by atoms with Crippen LogP contribution in [-0.2, 0) is 6.18 Å². The third-order valence-electron chi connectivity index (χ3n) is 4.78. The van der Waals surface area contributed by atoms with E-state index in [0.29, 0.717) is 6.54 Å². The molecule has 1 unspecified atom stereocenters. The highest BCUT2D eigenvalue weighted by Gasteiger charge is 2.37. The van der Waals surface area contributed by atoms with Crippen LogP contribution in [0.25, 0.3) is 0 Å². The fourth-order valence-corrected chi connectivity index (χ4v) is 3.56. The lowest BCUT2D eigenvalue weighted by Gasteiger charge is -2.29. The number of halogens is 3. The molecule has 8 heteroatoms. The SMILES string of the molecule is O=C(N[C@@H]1CCC[C@@H]1N1CCC(O)C1)c1ccc(C(F)(F)F)nc1. The van der Waals surface area contributed by atoms with Gasteiger partial charge in [-0.25, -0.2) is 0 Å². The number of hydrogen-bond donors (Lipinski definition) is 2. The van der Waals surface area contributed by atoms with Gasteiger partial charge in [0.25, 0.3) is 5.91 Å². The summed E-state index contributed by atoms with van der Waals surface area (Å²) in [6.45, 7) is 1.42. The number of rotatable bonds is 3. The molecule has 3 atom stereocenters. The molecule has 2 heterocycles. The average Bonchev–Trinajstić information content (AvgIpc) is 3.15. The van der Waals surface area contributed by atoms with Crippen LogP contribution >= 0.6 is 0 Å². The molecule has 2 fully saturated rings. The number of alkyl halides is 3. The molecular weight excluding hydrogens is 323 g/mol. The second-order valence-corrected chi connectivity index (χ2v) is 6.45. The van der Waals surface area contributed by atoms with Gasteiger partial charge >= 0.3 is 6.18 Å². The number of aliphatic hydroxyl groups is 1. The number of β-amino-alcohol motifs (C(OH)–C–C–N with tert-alkyl or cyclic N) is 1. The minimum Gasteiger partial charge on any atom is -0.392 e. The molecule has 132 valence electrons. The third-order valence-corrected chi connectivity index (χ3v) is 4.78. The number of carbonyl (C=O) groups excluding carboxylic acids is 1. The topological polar surface area (TPSA) is 65.5 Å². The number of carbonyl (C=O) groups is 1. The van der Waals surface area contributed by atoms with Crippen LogP contribution in [0.3, 0.4) is 0 Å². The van der Waals surface area contributed by atoms with Crippen molar-refractivity contribution in [1.29, 1.82) is 0 Å². The van der Waals surface area contributed by atoms with Crippen molar-refractivity contribution in [3.63, 3.8) is 0 Å². The zero-order valence-electron chi connectivity index (χ0n) is 13.1. The summed E-state index contributed by atoms with van der Waals surface area (Å²) in [6, 6.07) is 2.09. The molecule has 0 spiro atoms. The Morgan fingerprint density at radius 3 is 2.67 bits per heavy atom. The van der Waals surface area contributed by atoms with Crippen LogP contribution in [0.2, 0.25) is 0 Å². The van der Waals surface area contributed by atoms with Crippen LogP contribution in [0.5, 0.6) is 0 Å². The van der Waals surface area contributed by atoms with Crippen molar-refractivity contribution in [2.75, 3.05) is 13.1 Å². The Labute approximate surface area is 137 Å². The van der Waals surface area contributed by atoms with Gasteiger partial charge in [0, 0.05) is 31.4 Å². The van der Waals surface area contributed by atoms with Gasteiger partial charge in [0.2, 0.25) is 0 Å². The van der Waals surface area contributed by atoms with Gasteiger partial charge in [0.05, 0.1) is 11.7 Å². The predicted molar refractivity (Wildman–Crippen MR) is 80.3 cm³/mol. The summed E-state index contributed by atoms with van der Waals surface area (Å²) < 4.78 is 37.5. The number of aromatic nitrogens is 1. The van der Waals surface area contributed by atoms with Gasteiger partial charge in [-0.05, 0) is 37.8 Å². The fraction of sp³-hybridized carbons (Fsp3) is 0.625. The standard InChI is InChI=1S/C16H20F3N3O2/c17-16(18,19)14-5-4-10(8-20-14)15(24)21-12-2-1-3-13(12)22-7-6-11(23)9-22/h4-5,8,11-13,23H,1-3,6-7,9H2,(H,21,24)/t11?,12-,13+/m1/s1. The van der Waals surface area contributed by atoms with Gasteiger partial charge in [-0.1, -0.05) is 0 Å². The molecule has 1 saturated carbocycles. The second-order valence-electron chi connectivity index (χ2n) is 6.45. The summed E-state index contributed by atoms with van der Waals surface area (Å²) in [7, 11) is 0. The van der Waals surface area contributed by atoms with Gasteiger partial charge in [-0.2, -0.15) is 13.2 Å². The molecule has 0 aromatic carbocycles. The van der Waals surface area contributed by atoms with E-state index in [1.807, 2.05) is 0 Å². The number of pyridine rings is 1. The molecule has 2 aliphatic rings. The third kappa shape index (κ3) is 3.70. The van der Waals surface area contributed by atoms with E-state index in [-0.39, 0.29) is 23.8 Å². The summed E-state index contributed by atoms with van der Waals surface area (Å²) in [6.07, 6.45) is -0.377. The maximum Gasteiger partial charge on any atom is 0.433 e. The number of nitrogens with zero attached hydrogens (tertiary/aromatic N) is 2. The monoisotopic (exact) mass is 343 g/mol. The molecule has 0 radical (unpaired) electrons. The van der Waals surface area contributed by atoms with E-state index >= 15 is 0 Å². The van der Waals surface area contributed by atoms with Crippen LogP contribution in [-0.4, -0.2) is 52.2 Å². The molecule has 0 bridgehead atoms. The largest absolute Gasteiger partial charge is 0.433 e. The second kappa shape index (κ2) is 6.68. The molecule has 1 aliphatic heterocycles. The molecule has 24 heavy (non-hydrogen) atoms. The lowest BCUT2D eigenvalue weighted by Crippen LogP contribution is -2.48. The summed E-state index contributed by atoms with van der Waals surface area (Å²) in [5.74, 6) is -0.409. The van der Waals surface area contributed by atoms with Crippen molar-refractivity contribution in [2.24, 2.45) is 0 Å². The van der Waals surface area contributed by atoms with Gasteiger partial charge in [0.1, 0.15) is 5.69 Å². The molecule has 1 aromatic heterocycles. The number of likely N-dealkylation sites (tertiary alicyclic amines) is 1. The van der Waals surface area contributed by atoms with Crippen LogP contribution < -0.4 is 5.32 Å². The Morgan fingerprint density at radius 1 is 1.29 bits per heavy atom. The highest BCUT2D eigenvalue weighted by atomic mass is 19.4. The van der Waals surface area contributed by atoms with Gasteiger partial charge in [0.15, 0.2) is 0 Å². The Kier molecular flexibility index (Phi) is 4.78. The van der Waals surface area contributed by atoms with Crippen LogP contribution in [0, 0.1) is 0 Å². The zero-order valence-corrected chi connectivity index (χ0v) is 13.1. The van der Waals surface area contributed by atoms with E-state index in [1.54, 1.807) is 0 Å². The van der Waals surface area contributed by atoms with Crippen molar-refractivity contribution in [1.82, 2.24) is 15.2 Å². The predicted octanol–water partition coefficient (Wildman–Crippen LogP) is 1.82. The van der Waals surface area contributed by atoms with Crippen molar-refractivity contribution < 1.29 is 23.1 Å². The van der Waals surface area contributed by atoms with E-state index in [0.717, 1.165) is 50.6 Å². The highest BCUT2D eigenvalue weighted by Crippen LogP contribution is 2.29. The molecule has 5 nitrogen and oxygen atoms in total. The Morgan fingerprint density at radius 2 is 2.08 bits per heavy atom. The quantitative estimate of drug-likeness (QED) is 0.879. The molecule has 1 amide bonds. The first-order valence-corrected chi connectivity index (χ1v) is 8.11. The first-order chi connectivity index (χ1) is 11.3. The fourth-order valence-electron chi connectivity index (χ4n) is 3.56. The van der Waals surface area contributed by atoms with Gasteiger partial charge in [-0.3, -0.25) is 14.7 Å². The number of aliphatic hydroxyl groups excluding tert-OH is 1. The molecule has 2 N–H and O–H groups in total. The molecule has 1 saturated heterocycles. The van der Waals surface area contributed by atoms with Crippen molar-refractivity contribution in [2.45, 2.75) is 50.0 Å². The van der Waals surface area contributed by atoms with E-state index in [9.17, 15) is 23.1 Å². The number of nitrogens with one attached hydrogen (secondary N) is 1. The number of amides is 1. The van der Waals surface area contributed by atoms with Crippen molar-refractivity contribution in [3.05, 3.63) is 29.6 Å². The van der Waals surface area contributed by atoms with Crippen molar-refractivity contribution in [3.8, 4) is 0 Å². The van der Waals surface area contributed by atoms with Crippen LogP contribution in [0.15, 0.2) is 18.3 Å². The first kappa shape index (κ1) is 17.2. The minimum absolute atomic E-state index is 0.0508. The lowest BCUT2D eigenvalue weighted by atomic mass is 10.1. The summed E-state index contributed by atoms with van der Waals surface area (Å²) >= 11 is 0. The normalized spacial score (nSPS) is 28.2. The first-order valence-electron chi connectivity index (χ1n) is 8.11. The summed E-state index contributed by atoms with van der Waals surface area (Å²) in [5.41, 5.74) is -0.890. The van der Waals surface area contributed by atoms with E-state index in [2.05, 4.69) is 15.2 Å². The Hall–Kier alpha value is -1.67. The smallest absolute Gasteiger partial charge is 0.392 e. The Balaban J connectivity index is 1.63. The summed E-state index contributed by atoms with van der Waals surface area (Å²) in [4.78, 5) is 17.8. The van der Waals surface area contributed by atoms with Crippen LogP contribution in [0.4, 0.5) is 13.2 Å². The zero-order chi connectivity index (χ0) is 17.3. The van der Waals surface area contributed by atoms with Gasteiger partial charge < -0.3 is 10.4 Å². The summed E-state index contributed by atoms with van der Waals surface area (Å²) in [5, 5.41) is 12.6.